The number of carbonyl (C=O) groups is 2. The van der Waals surface area contributed by atoms with Crippen molar-refractivity contribution in [1.82, 2.24) is 4.90 Å². The molecule has 4 rings (SSSR count). The second-order valence-corrected chi connectivity index (χ2v) is 6.55. The largest absolute Gasteiger partial charge is 0.270 e. The standard InChI is InChI=1S/C24H16N2O2/c25-15-20-5-3-4-18(14-20)11-8-17-9-12-19(13-10-17)16-26-23(27)21-6-1-2-7-22(21)24(26)28/h1-14H,16H2. The van der Waals surface area contributed by atoms with Gasteiger partial charge >= 0.3 is 0 Å². The Balaban J connectivity index is 1.47. The maximum atomic E-state index is 12.5. The van der Waals surface area contributed by atoms with Crippen LogP contribution in [0.1, 0.15) is 43.0 Å². The number of benzene rings is 3. The summed E-state index contributed by atoms with van der Waals surface area (Å²) in [5, 5.41) is 8.96. The van der Waals surface area contributed by atoms with Crippen LogP contribution in [0.25, 0.3) is 12.2 Å². The van der Waals surface area contributed by atoms with E-state index < -0.39 is 0 Å². The van der Waals surface area contributed by atoms with Gasteiger partial charge in [-0.25, -0.2) is 0 Å². The summed E-state index contributed by atoms with van der Waals surface area (Å²) in [7, 11) is 0. The molecule has 0 saturated heterocycles. The Kier molecular flexibility index (Phi) is 4.57. The Morgan fingerprint density at radius 1 is 0.786 bits per heavy atom. The van der Waals surface area contributed by atoms with Gasteiger partial charge in [0.05, 0.1) is 29.3 Å². The molecule has 3 aromatic rings. The Bertz CT molecular complexity index is 1100. The van der Waals surface area contributed by atoms with E-state index in [2.05, 4.69) is 6.07 Å². The molecule has 3 aromatic carbocycles. The lowest BCUT2D eigenvalue weighted by molar-refractivity contribution is 0.0642. The molecule has 4 nitrogen and oxygen atoms in total. The molecular weight excluding hydrogens is 348 g/mol. The van der Waals surface area contributed by atoms with E-state index in [1.54, 1.807) is 30.3 Å². The predicted molar refractivity (Wildman–Crippen MR) is 107 cm³/mol. The lowest BCUT2D eigenvalue weighted by Crippen LogP contribution is -2.29. The topological polar surface area (TPSA) is 61.2 Å². The van der Waals surface area contributed by atoms with Crippen molar-refractivity contribution in [1.29, 1.82) is 5.26 Å². The van der Waals surface area contributed by atoms with Crippen molar-refractivity contribution in [2.45, 2.75) is 6.54 Å². The molecule has 0 aliphatic carbocycles. The van der Waals surface area contributed by atoms with Gasteiger partial charge in [0.2, 0.25) is 0 Å². The van der Waals surface area contributed by atoms with E-state index in [9.17, 15) is 9.59 Å². The number of carbonyl (C=O) groups excluding carboxylic acids is 2. The molecule has 134 valence electrons. The molecule has 0 saturated carbocycles. The van der Waals surface area contributed by atoms with Gasteiger partial charge in [-0.15, -0.1) is 0 Å². The van der Waals surface area contributed by atoms with Gasteiger partial charge in [-0.2, -0.15) is 5.26 Å². The van der Waals surface area contributed by atoms with E-state index >= 15 is 0 Å². The van der Waals surface area contributed by atoms with Crippen LogP contribution in [0.4, 0.5) is 0 Å². The molecule has 2 amide bonds. The number of amides is 2. The van der Waals surface area contributed by atoms with E-state index in [1.807, 2.05) is 54.6 Å². The number of hydrogen-bond donors (Lipinski definition) is 0. The molecule has 0 radical (unpaired) electrons. The summed E-state index contributed by atoms with van der Waals surface area (Å²) in [6.07, 6.45) is 3.91. The van der Waals surface area contributed by atoms with Gasteiger partial charge in [0.1, 0.15) is 0 Å². The Morgan fingerprint density at radius 2 is 1.43 bits per heavy atom. The molecule has 0 spiro atoms. The van der Waals surface area contributed by atoms with Crippen molar-refractivity contribution in [3.8, 4) is 6.07 Å². The highest BCUT2D eigenvalue weighted by Crippen LogP contribution is 2.24. The molecule has 28 heavy (non-hydrogen) atoms. The molecule has 0 fully saturated rings. The third-order valence-electron chi connectivity index (χ3n) is 4.68. The summed E-state index contributed by atoms with van der Waals surface area (Å²) < 4.78 is 0. The van der Waals surface area contributed by atoms with Crippen molar-refractivity contribution in [2.24, 2.45) is 0 Å². The molecule has 0 aromatic heterocycles. The number of imide groups is 1. The zero-order chi connectivity index (χ0) is 19.5. The first kappa shape index (κ1) is 17.4. The van der Waals surface area contributed by atoms with Gasteiger partial charge in [0.15, 0.2) is 0 Å². The quantitative estimate of drug-likeness (QED) is 0.505. The van der Waals surface area contributed by atoms with Crippen LogP contribution in [0, 0.1) is 11.3 Å². The fourth-order valence-electron chi connectivity index (χ4n) is 3.20. The Labute approximate surface area is 163 Å². The summed E-state index contributed by atoms with van der Waals surface area (Å²) in [6, 6.07) is 24.1. The molecule has 1 heterocycles. The zero-order valence-corrected chi connectivity index (χ0v) is 15.0. The van der Waals surface area contributed by atoms with Gasteiger partial charge in [0.25, 0.3) is 11.8 Å². The van der Waals surface area contributed by atoms with Gasteiger partial charge in [-0.1, -0.05) is 60.7 Å². The number of nitrogens with zero attached hydrogens (tertiary/aromatic N) is 2. The molecule has 4 heteroatoms. The first-order valence-corrected chi connectivity index (χ1v) is 8.88. The second kappa shape index (κ2) is 7.34. The molecule has 0 unspecified atom stereocenters. The third kappa shape index (κ3) is 3.34. The smallest absolute Gasteiger partial charge is 0.261 e. The summed E-state index contributed by atoms with van der Waals surface area (Å²) in [5.41, 5.74) is 4.39. The molecule has 0 bridgehead atoms. The van der Waals surface area contributed by atoms with Crippen LogP contribution in [-0.4, -0.2) is 16.7 Å². The third-order valence-corrected chi connectivity index (χ3v) is 4.68. The summed E-state index contributed by atoms with van der Waals surface area (Å²) in [6.45, 7) is 0.251. The fraction of sp³-hybridized carbons (Fsp3) is 0.0417. The van der Waals surface area contributed by atoms with Crippen molar-refractivity contribution in [3.05, 3.63) is 106 Å². The highest BCUT2D eigenvalue weighted by molar-refractivity contribution is 6.21. The van der Waals surface area contributed by atoms with E-state index in [0.717, 1.165) is 16.7 Å². The highest BCUT2D eigenvalue weighted by atomic mass is 16.2. The highest BCUT2D eigenvalue weighted by Gasteiger charge is 2.34. The Morgan fingerprint density at radius 3 is 2.07 bits per heavy atom. The molecule has 0 atom stereocenters. The summed E-state index contributed by atoms with van der Waals surface area (Å²) in [4.78, 5) is 26.2. The normalized spacial score (nSPS) is 13.0. The molecular formula is C24H16N2O2. The van der Waals surface area contributed by atoms with Crippen LogP contribution in [0.3, 0.4) is 0 Å². The maximum Gasteiger partial charge on any atom is 0.261 e. The number of fused-ring (bicyclic) bond motifs is 1. The molecule has 1 aliphatic heterocycles. The molecule has 1 aliphatic rings. The van der Waals surface area contributed by atoms with Crippen LogP contribution in [0.15, 0.2) is 72.8 Å². The van der Waals surface area contributed by atoms with E-state index in [4.69, 9.17) is 5.26 Å². The fourth-order valence-corrected chi connectivity index (χ4v) is 3.20. The van der Waals surface area contributed by atoms with Gasteiger partial charge < -0.3 is 0 Å². The average molecular weight is 364 g/mol. The van der Waals surface area contributed by atoms with E-state index in [-0.39, 0.29) is 18.4 Å². The lowest BCUT2D eigenvalue weighted by Gasteiger charge is -2.13. The SMILES string of the molecule is N#Cc1cccc(C=Cc2ccc(CN3C(=O)c4ccccc4C3=O)cc2)c1. The van der Waals surface area contributed by atoms with Crippen LogP contribution < -0.4 is 0 Å². The monoisotopic (exact) mass is 364 g/mol. The predicted octanol–water partition coefficient (Wildman–Crippen LogP) is 4.52. The summed E-state index contributed by atoms with van der Waals surface area (Å²) >= 11 is 0. The van der Waals surface area contributed by atoms with E-state index in [1.165, 1.54) is 4.90 Å². The number of rotatable bonds is 4. The van der Waals surface area contributed by atoms with Crippen LogP contribution in [-0.2, 0) is 6.54 Å². The minimum absolute atomic E-state index is 0.248. The van der Waals surface area contributed by atoms with Crippen molar-refractivity contribution in [3.63, 3.8) is 0 Å². The summed E-state index contributed by atoms with van der Waals surface area (Å²) in [5.74, 6) is -0.496. The van der Waals surface area contributed by atoms with Crippen LogP contribution in [0.2, 0.25) is 0 Å². The maximum absolute atomic E-state index is 12.5. The lowest BCUT2D eigenvalue weighted by atomic mass is 10.1. The van der Waals surface area contributed by atoms with Crippen molar-refractivity contribution >= 4 is 24.0 Å². The number of hydrogen-bond acceptors (Lipinski definition) is 3. The van der Waals surface area contributed by atoms with Gasteiger partial charge in [-0.05, 0) is 41.0 Å². The minimum Gasteiger partial charge on any atom is -0.270 e. The number of nitriles is 1. The first-order chi connectivity index (χ1) is 13.7. The van der Waals surface area contributed by atoms with Crippen molar-refractivity contribution < 1.29 is 9.59 Å². The van der Waals surface area contributed by atoms with Crippen molar-refractivity contribution in [2.75, 3.05) is 0 Å². The van der Waals surface area contributed by atoms with E-state index in [0.29, 0.717) is 16.7 Å². The molecule has 0 N–H and O–H groups in total. The van der Waals surface area contributed by atoms with Gasteiger partial charge in [0, 0.05) is 0 Å². The van der Waals surface area contributed by atoms with Gasteiger partial charge in [-0.3, -0.25) is 14.5 Å². The zero-order valence-electron chi connectivity index (χ0n) is 15.0. The first-order valence-electron chi connectivity index (χ1n) is 8.88. The Hall–Kier alpha value is -3.97. The average Bonchev–Trinajstić information content (AvgIpc) is 2.98. The second-order valence-electron chi connectivity index (χ2n) is 6.55. The van der Waals surface area contributed by atoms with Crippen LogP contribution in [0.5, 0.6) is 0 Å². The minimum atomic E-state index is -0.248. The van der Waals surface area contributed by atoms with Crippen LogP contribution >= 0.6 is 0 Å².